The summed E-state index contributed by atoms with van der Waals surface area (Å²) < 4.78 is 0. The zero-order valence-electron chi connectivity index (χ0n) is 8.24. The van der Waals surface area contributed by atoms with E-state index < -0.39 is 0 Å². The summed E-state index contributed by atoms with van der Waals surface area (Å²) in [5.74, 6) is -0.552. The van der Waals surface area contributed by atoms with Crippen molar-refractivity contribution in [1.29, 1.82) is 5.26 Å². The third-order valence-corrected chi connectivity index (χ3v) is 2.69. The summed E-state index contributed by atoms with van der Waals surface area (Å²) in [6.07, 6.45) is 0.401. The van der Waals surface area contributed by atoms with Crippen LogP contribution in [0.3, 0.4) is 0 Å². The van der Waals surface area contributed by atoms with Crippen LogP contribution < -0.4 is 4.90 Å². The summed E-state index contributed by atoms with van der Waals surface area (Å²) in [5, 5.41) is 9.04. The Morgan fingerprint density at radius 1 is 1.25 bits per heavy atom. The van der Waals surface area contributed by atoms with Gasteiger partial charge in [-0.05, 0) is 18.2 Å². The summed E-state index contributed by atoms with van der Waals surface area (Å²) in [6, 6.07) is 6.43. The predicted molar refractivity (Wildman–Crippen MR) is 57.9 cm³/mol. The van der Waals surface area contributed by atoms with Crippen molar-refractivity contribution in [2.75, 3.05) is 4.90 Å². The van der Waals surface area contributed by atoms with E-state index in [1.165, 1.54) is 18.2 Å². The van der Waals surface area contributed by atoms with Crippen molar-refractivity contribution in [3.8, 4) is 6.07 Å². The maximum absolute atomic E-state index is 11.5. The first kappa shape index (κ1) is 10.7. The van der Waals surface area contributed by atoms with Gasteiger partial charge in [-0.3, -0.25) is 9.59 Å². The summed E-state index contributed by atoms with van der Waals surface area (Å²) in [4.78, 5) is 24.0. The number of rotatable bonds is 1. The largest absolute Gasteiger partial charge is 0.274 e. The number of carbonyl (C=O) groups is 2. The van der Waals surface area contributed by atoms with Crippen LogP contribution in [0, 0.1) is 11.3 Å². The molecule has 0 atom stereocenters. The monoisotopic (exact) mass is 234 g/mol. The number of carbonyl (C=O) groups excluding carboxylic acids is 2. The standard InChI is InChI=1S/C11H7ClN2O2/c12-8-2-1-7(6-13)5-9(8)14-10(15)3-4-11(14)16/h1-2,5H,3-4H2. The van der Waals surface area contributed by atoms with Gasteiger partial charge in [0.15, 0.2) is 0 Å². The van der Waals surface area contributed by atoms with E-state index in [1.54, 1.807) is 0 Å². The molecule has 0 saturated carbocycles. The van der Waals surface area contributed by atoms with Crippen molar-refractivity contribution < 1.29 is 9.59 Å². The second-order valence-corrected chi connectivity index (χ2v) is 3.81. The van der Waals surface area contributed by atoms with Crippen LogP contribution in [0.1, 0.15) is 18.4 Å². The SMILES string of the molecule is N#Cc1ccc(Cl)c(N2C(=O)CCC2=O)c1. The molecule has 0 bridgehead atoms. The number of amides is 2. The molecule has 1 aromatic rings. The molecule has 1 aliphatic heterocycles. The van der Waals surface area contributed by atoms with E-state index in [2.05, 4.69) is 0 Å². The highest BCUT2D eigenvalue weighted by Crippen LogP contribution is 2.30. The molecule has 16 heavy (non-hydrogen) atoms. The number of benzene rings is 1. The van der Waals surface area contributed by atoms with Crippen LogP contribution in [0.2, 0.25) is 5.02 Å². The van der Waals surface area contributed by atoms with Gasteiger partial charge in [-0.15, -0.1) is 0 Å². The van der Waals surface area contributed by atoms with Gasteiger partial charge in [-0.1, -0.05) is 11.6 Å². The Morgan fingerprint density at radius 2 is 1.88 bits per heavy atom. The van der Waals surface area contributed by atoms with Gasteiger partial charge in [-0.25, -0.2) is 4.90 Å². The Hall–Kier alpha value is -1.86. The number of imide groups is 1. The van der Waals surface area contributed by atoms with Crippen molar-refractivity contribution in [1.82, 2.24) is 0 Å². The Balaban J connectivity index is 2.51. The quantitative estimate of drug-likeness (QED) is 0.697. The molecule has 0 spiro atoms. The topological polar surface area (TPSA) is 61.2 Å². The summed E-state index contributed by atoms with van der Waals surface area (Å²) in [7, 11) is 0. The Kier molecular flexibility index (Phi) is 2.63. The number of halogens is 1. The molecule has 80 valence electrons. The lowest BCUT2D eigenvalue weighted by molar-refractivity contribution is -0.121. The third kappa shape index (κ3) is 1.66. The van der Waals surface area contributed by atoms with E-state index in [4.69, 9.17) is 16.9 Å². The highest BCUT2D eigenvalue weighted by atomic mass is 35.5. The van der Waals surface area contributed by atoms with Crippen molar-refractivity contribution in [2.24, 2.45) is 0 Å². The molecule has 1 fully saturated rings. The highest BCUT2D eigenvalue weighted by Gasteiger charge is 2.31. The maximum Gasteiger partial charge on any atom is 0.234 e. The average Bonchev–Trinajstić information content (AvgIpc) is 2.60. The number of hydrogen-bond donors (Lipinski definition) is 0. The Labute approximate surface area is 97.0 Å². The Bertz CT molecular complexity index is 503. The molecule has 5 heteroatoms. The first-order valence-electron chi connectivity index (χ1n) is 4.69. The summed E-state index contributed by atoms with van der Waals surface area (Å²) in [6.45, 7) is 0. The van der Waals surface area contributed by atoms with Gasteiger partial charge in [0, 0.05) is 12.8 Å². The van der Waals surface area contributed by atoms with Crippen molar-refractivity contribution in [3.05, 3.63) is 28.8 Å². The first-order valence-corrected chi connectivity index (χ1v) is 5.06. The molecule has 1 aliphatic rings. The molecule has 1 aromatic carbocycles. The number of nitrogens with zero attached hydrogens (tertiary/aromatic N) is 2. The lowest BCUT2D eigenvalue weighted by Gasteiger charge is -2.15. The van der Waals surface area contributed by atoms with Gasteiger partial charge in [-0.2, -0.15) is 5.26 Å². The van der Waals surface area contributed by atoms with Crippen molar-refractivity contribution in [2.45, 2.75) is 12.8 Å². The number of anilines is 1. The minimum Gasteiger partial charge on any atom is -0.274 e. The van der Waals surface area contributed by atoms with Gasteiger partial charge >= 0.3 is 0 Å². The lowest BCUT2D eigenvalue weighted by Crippen LogP contribution is -2.28. The van der Waals surface area contributed by atoms with E-state index in [-0.39, 0.29) is 24.7 Å². The maximum atomic E-state index is 11.5. The van der Waals surface area contributed by atoms with Crippen molar-refractivity contribution >= 4 is 29.1 Å². The van der Waals surface area contributed by atoms with E-state index in [0.29, 0.717) is 16.3 Å². The second kappa shape index (κ2) is 3.95. The minimum absolute atomic E-state index is 0.200. The molecular weight excluding hydrogens is 228 g/mol. The molecule has 0 aliphatic carbocycles. The molecular formula is C11H7ClN2O2. The van der Waals surface area contributed by atoms with Crippen molar-refractivity contribution in [3.63, 3.8) is 0 Å². The smallest absolute Gasteiger partial charge is 0.234 e. The zero-order chi connectivity index (χ0) is 11.7. The van der Waals surface area contributed by atoms with Crippen LogP contribution >= 0.6 is 11.6 Å². The lowest BCUT2D eigenvalue weighted by atomic mass is 10.2. The van der Waals surface area contributed by atoms with Crippen LogP contribution in [0.15, 0.2) is 18.2 Å². The number of hydrogen-bond acceptors (Lipinski definition) is 3. The molecule has 2 amide bonds. The molecule has 0 N–H and O–H groups in total. The molecule has 1 heterocycles. The zero-order valence-corrected chi connectivity index (χ0v) is 8.99. The normalized spacial score (nSPS) is 15.4. The van der Waals surface area contributed by atoms with E-state index >= 15 is 0 Å². The van der Waals surface area contributed by atoms with Crippen LogP contribution in [-0.2, 0) is 9.59 Å². The predicted octanol–water partition coefficient (Wildman–Crippen LogP) is 1.87. The average molecular weight is 235 g/mol. The fourth-order valence-corrected chi connectivity index (χ4v) is 1.80. The van der Waals surface area contributed by atoms with E-state index in [1.807, 2.05) is 6.07 Å². The fraction of sp³-hybridized carbons (Fsp3) is 0.182. The van der Waals surface area contributed by atoms with Gasteiger partial charge in [0.05, 0.1) is 22.3 Å². The second-order valence-electron chi connectivity index (χ2n) is 3.40. The van der Waals surface area contributed by atoms with Gasteiger partial charge in [0.1, 0.15) is 0 Å². The fourth-order valence-electron chi connectivity index (χ4n) is 1.60. The third-order valence-electron chi connectivity index (χ3n) is 2.37. The molecule has 0 radical (unpaired) electrons. The van der Waals surface area contributed by atoms with Gasteiger partial charge < -0.3 is 0 Å². The first-order chi connectivity index (χ1) is 7.63. The molecule has 0 aromatic heterocycles. The molecule has 2 rings (SSSR count). The molecule has 0 unspecified atom stereocenters. The van der Waals surface area contributed by atoms with Crippen LogP contribution in [0.5, 0.6) is 0 Å². The van der Waals surface area contributed by atoms with Gasteiger partial charge in [0.2, 0.25) is 11.8 Å². The van der Waals surface area contributed by atoms with E-state index in [9.17, 15) is 9.59 Å². The summed E-state index contributed by atoms with van der Waals surface area (Å²) in [5.41, 5.74) is 0.667. The van der Waals surface area contributed by atoms with Crippen LogP contribution in [-0.4, -0.2) is 11.8 Å². The minimum atomic E-state index is -0.276. The Morgan fingerprint density at radius 3 is 2.44 bits per heavy atom. The molecule has 1 saturated heterocycles. The number of nitriles is 1. The highest BCUT2D eigenvalue weighted by molar-refractivity contribution is 6.35. The summed E-state index contributed by atoms with van der Waals surface area (Å²) >= 11 is 5.91. The van der Waals surface area contributed by atoms with Crippen LogP contribution in [0.25, 0.3) is 0 Å². The molecule has 4 nitrogen and oxygen atoms in total. The van der Waals surface area contributed by atoms with E-state index in [0.717, 1.165) is 4.90 Å². The van der Waals surface area contributed by atoms with Gasteiger partial charge in [0.25, 0.3) is 0 Å². The van der Waals surface area contributed by atoms with Crippen LogP contribution in [0.4, 0.5) is 5.69 Å².